The molecule has 0 saturated heterocycles. The number of Topliss-reactive ketones (excluding diaryl/α,β-unsaturated/α-hetero) is 1. The predicted octanol–water partition coefficient (Wildman–Crippen LogP) is 4.55. The summed E-state index contributed by atoms with van der Waals surface area (Å²) in [4.78, 5) is 37.0. The maximum atomic E-state index is 13.7. The first kappa shape index (κ1) is 24.1. The molecule has 0 spiro atoms. The van der Waals surface area contributed by atoms with Crippen LogP contribution in [0.3, 0.4) is 0 Å². The number of amides is 1. The number of carbonyl (C=O) groups excluding carboxylic acids is 3. The number of rotatable bonds is 9. The summed E-state index contributed by atoms with van der Waals surface area (Å²) in [6, 6.07) is 5.69. The third-order valence-electron chi connectivity index (χ3n) is 3.95. The van der Waals surface area contributed by atoms with Crippen LogP contribution in [-0.4, -0.2) is 42.3 Å². The van der Waals surface area contributed by atoms with Crippen molar-refractivity contribution >= 4 is 52.6 Å². The van der Waals surface area contributed by atoms with Gasteiger partial charge in [0.2, 0.25) is 5.78 Å². The molecule has 1 amide bonds. The molecule has 1 N–H and O–H groups in total. The fraction of sp³-hybridized carbons (Fsp3) is 0.250. The molecule has 0 aromatic heterocycles. The van der Waals surface area contributed by atoms with Gasteiger partial charge >= 0.3 is 5.97 Å². The molecule has 0 radical (unpaired) electrons. The SMILES string of the molecule is CSCCC(NC(=O)c1ccc(Cl)cc1Cl)C(=O)OCC(=O)c1ccc(F)cc1F. The van der Waals surface area contributed by atoms with Crippen LogP contribution in [0.5, 0.6) is 0 Å². The molecule has 1 unspecified atom stereocenters. The minimum absolute atomic E-state index is 0.110. The summed E-state index contributed by atoms with van der Waals surface area (Å²) in [5.41, 5.74) is -0.283. The Labute approximate surface area is 186 Å². The van der Waals surface area contributed by atoms with Crippen LogP contribution in [0.15, 0.2) is 36.4 Å². The monoisotopic (exact) mass is 475 g/mol. The van der Waals surface area contributed by atoms with Crippen LogP contribution in [0, 0.1) is 11.6 Å². The number of ketones is 1. The molecule has 2 aromatic rings. The smallest absolute Gasteiger partial charge is 0.329 e. The fourth-order valence-electron chi connectivity index (χ4n) is 2.42. The Morgan fingerprint density at radius 2 is 1.80 bits per heavy atom. The van der Waals surface area contributed by atoms with Gasteiger partial charge in [0, 0.05) is 11.1 Å². The van der Waals surface area contributed by atoms with Crippen molar-refractivity contribution < 1.29 is 27.9 Å². The highest BCUT2D eigenvalue weighted by Crippen LogP contribution is 2.21. The van der Waals surface area contributed by atoms with Crippen molar-refractivity contribution in [2.75, 3.05) is 18.6 Å². The van der Waals surface area contributed by atoms with E-state index in [0.717, 1.165) is 12.1 Å². The van der Waals surface area contributed by atoms with Crippen molar-refractivity contribution in [3.63, 3.8) is 0 Å². The summed E-state index contributed by atoms with van der Waals surface area (Å²) in [5.74, 6) is -3.68. The molecule has 2 aromatic carbocycles. The Hall–Kier alpha value is -2.16. The number of thioether (sulfide) groups is 1. The quantitative estimate of drug-likeness (QED) is 0.425. The van der Waals surface area contributed by atoms with Gasteiger partial charge in [0.05, 0.1) is 16.1 Å². The van der Waals surface area contributed by atoms with Gasteiger partial charge in [0.25, 0.3) is 5.91 Å². The summed E-state index contributed by atoms with van der Waals surface area (Å²) in [5, 5.41) is 2.98. The second-order valence-electron chi connectivity index (χ2n) is 6.09. The van der Waals surface area contributed by atoms with E-state index in [2.05, 4.69) is 5.32 Å². The van der Waals surface area contributed by atoms with Gasteiger partial charge in [0.1, 0.15) is 17.7 Å². The zero-order valence-corrected chi connectivity index (χ0v) is 18.0. The number of nitrogens with one attached hydrogen (secondary N) is 1. The Bertz CT molecular complexity index is 958. The van der Waals surface area contributed by atoms with Crippen molar-refractivity contribution in [2.24, 2.45) is 0 Å². The third kappa shape index (κ3) is 6.68. The first-order valence-corrected chi connectivity index (χ1v) is 10.8. The van der Waals surface area contributed by atoms with Crippen molar-refractivity contribution in [3.8, 4) is 0 Å². The molecule has 0 aliphatic heterocycles. The van der Waals surface area contributed by atoms with Crippen LogP contribution in [0.25, 0.3) is 0 Å². The van der Waals surface area contributed by atoms with Gasteiger partial charge in [-0.15, -0.1) is 0 Å². The van der Waals surface area contributed by atoms with E-state index in [1.807, 2.05) is 6.26 Å². The molecular formula is C20H17Cl2F2NO4S. The average molecular weight is 476 g/mol. The van der Waals surface area contributed by atoms with Gasteiger partial charge in [0.15, 0.2) is 6.61 Å². The van der Waals surface area contributed by atoms with Crippen LogP contribution >= 0.6 is 35.0 Å². The molecule has 2 rings (SSSR count). The molecule has 0 bridgehead atoms. The van der Waals surface area contributed by atoms with Crippen molar-refractivity contribution in [1.29, 1.82) is 0 Å². The highest BCUT2D eigenvalue weighted by Gasteiger charge is 2.25. The van der Waals surface area contributed by atoms with Gasteiger partial charge in [-0.25, -0.2) is 13.6 Å². The van der Waals surface area contributed by atoms with E-state index >= 15 is 0 Å². The molecule has 30 heavy (non-hydrogen) atoms. The Balaban J connectivity index is 2.05. The maximum absolute atomic E-state index is 13.7. The highest BCUT2D eigenvalue weighted by atomic mass is 35.5. The lowest BCUT2D eigenvalue weighted by Crippen LogP contribution is -2.42. The Morgan fingerprint density at radius 3 is 2.43 bits per heavy atom. The lowest BCUT2D eigenvalue weighted by molar-refractivity contribution is -0.144. The minimum atomic E-state index is -1.05. The van der Waals surface area contributed by atoms with Crippen LogP contribution in [0.1, 0.15) is 27.1 Å². The molecule has 0 aliphatic carbocycles. The third-order valence-corrected chi connectivity index (χ3v) is 5.15. The van der Waals surface area contributed by atoms with Gasteiger partial charge in [-0.1, -0.05) is 23.2 Å². The number of hydrogen-bond donors (Lipinski definition) is 1. The summed E-state index contributed by atoms with van der Waals surface area (Å²) in [6.45, 7) is -0.755. The minimum Gasteiger partial charge on any atom is -0.456 e. The maximum Gasteiger partial charge on any atom is 0.329 e. The van der Waals surface area contributed by atoms with E-state index in [4.69, 9.17) is 27.9 Å². The number of carbonyl (C=O) groups is 3. The number of halogens is 4. The zero-order valence-electron chi connectivity index (χ0n) is 15.7. The molecule has 0 heterocycles. The normalized spacial score (nSPS) is 11.6. The van der Waals surface area contributed by atoms with E-state index in [-0.39, 0.29) is 17.0 Å². The molecule has 0 saturated carbocycles. The van der Waals surface area contributed by atoms with Crippen molar-refractivity contribution in [2.45, 2.75) is 12.5 Å². The number of esters is 1. The second-order valence-corrected chi connectivity index (χ2v) is 7.92. The van der Waals surface area contributed by atoms with E-state index < -0.39 is 47.5 Å². The number of ether oxygens (including phenoxy) is 1. The van der Waals surface area contributed by atoms with Gasteiger partial charge < -0.3 is 10.1 Å². The summed E-state index contributed by atoms with van der Waals surface area (Å²) >= 11 is 13.3. The Morgan fingerprint density at radius 1 is 1.10 bits per heavy atom. The lowest BCUT2D eigenvalue weighted by Gasteiger charge is -2.17. The standard InChI is InChI=1S/C20H17Cl2F2NO4S/c1-30-7-6-17(25-19(27)13-4-2-11(21)8-15(13)22)20(28)29-10-18(26)14-5-3-12(23)9-16(14)24/h2-5,8-9,17H,6-7,10H2,1H3,(H,25,27). The largest absolute Gasteiger partial charge is 0.456 e. The molecule has 160 valence electrons. The topological polar surface area (TPSA) is 72.5 Å². The molecular weight excluding hydrogens is 459 g/mol. The van der Waals surface area contributed by atoms with Crippen LogP contribution in [-0.2, 0) is 9.53 Å². The van der Waals surface area contributed by atoms with E-state index in [1.165, 1.54) is 30.0 Å². The highest BCUT2D eigenvalue weighted by molar-refractivity contribution is 7.98. The number of benzene rings is 2. The zero-order chi connectivity index (χ0) is 22.3. The van der Waals surface area contributed by atoms with Crippen LogP contribution < -0.4 is 5.32 Å². The van der Waals surface area contributed by atoms with E-state index in [9.17, 15) is 23.2 Å². The lowest BCUT2D eigenvalue weighted by atomic mass is 10.1. The average Bonchev–Trinajstić information content (AvgIpc) is 2.68. The molecule has 10 heteroatoms. The first-order chi connectivity index (χ1) is 14.2. The molecule has 0 aliphatic rings. The molecule has 0 fully saturated rings. The van der Waals surface area contributed by atoms with Gasteiger partial charge in [-0.2, -0.15) is 11.8 Å². The fourth-order valence-corrected chi connectivity index (χ4v) is 3.39. The van der Waals surface area contributed by atoms with Gasteiger partial charge in [-0.3, -0.25) is 9.59 Å². The summed E-state index contributed by atoms with van der Waals surface area (Å²) in [6.07, 6.45) is 2.05. The first-order valence-electron chi connectivity index (χ1n) is 8.62. The van der Waals surface area contributed by atoms with Crippen LogP contribution in [0.4, 0.5) is 8.78 Å². The molecule has 5 nitrogen and oxygen atoms in total. The van der Waals surface area contributed by atoms with Crippen molar-refractivity contribution in [3.05, 3.63) is 69.2 Å². The van der Waals surface area contributed by atoms with E-state index in [1.54, 1.807) is 0 Å². The van der Waals surface area contributed by atoms with Gasteiger partial charge in [-0.05, 0) is 48.8 Å². The van der Waals surface area contributed by atoms with Crippen LogP contribution in [0.2, 0.25) is 10.0 Å². The van der Waals surface area contributed by atoms with E-state index in [0.29, 0.717) is 16.8 Å². The summed E-state index contributed by atoms with van der Waals surface area (Å²) < 4.78 is 31.6. The molecule has 1 atom stereocenters. The van der Waals surface area contributed by atoms with Crippen molar-refractivity contribution in [1.82, 2.24) is 5.32 Å². The Kier molecular flexibility index (Phi) is 9.08. The number of hydrogen-bond acceptors (Lipinski definition) is 5. The second kappa shape index (κ2) is 11.3. The summed E-state index contributed by atoms with van der Waals surface area (Å²) in [7, 11) is 0. The predicted molar refractivity (Wildman–Crippen MR) is 112 cm³/mol.